The van der Waals surface area contributed by atoms with Gasteiger partial charge in [0.15, 0.2) is 0 Å². The molecule has 0 aliphatic heterocycles. The fourth-order valence-corrected chi connectivity index (χ4v) is 1.68. The summed E-state index contributed by atoms with van der Waals surface area (Å²) in [6, 6.07) is 3.97. The van der Waals surface area contributed by atoms with E-state index in [1.807, 2.05) is 0 Å². The third-order valence-electron chi connectivity index (χ3n) is 2.52. The Kier molecular flexibility index (Phi) is 6.04. The smallest absolute Gasteiger partial charge is 0.251 e. The number of likely N-dealkylation sites (N-methyl/N-ethyl adjacent to an activating group) is 1. The lowest BCUT2D eigenvalue weighted by molar-refractivity contribution is -0.122. The molecule has 6 heteroatoms. The van der Waals surface area contributed by atoms with Crippen LogP contribution in [0.1, 0.15) is 22.8 Å². The van der Waals surface area contributed by atoms with Crippen molar-refractivity contribution in [2.24, 2.45) is 0 Å². The van der Waals surface area contributed by atoms with E-state index in [4.69, 9.17) is 16.7 Å². The van der Waals surface area contributed by atoms with Gasteiger partial charge in [0.2, 0.25) is 5.91 Å². The van der Waals surface area contributed by atoms with Crippen molar-refractivity contribution in [3.8, 4) is 11.8 Å². The van der Waals surface area contributed by atoms with Crippen LogP contribution in [-0.4, -0.2) is 36.6 Å². The van der Waals surface area contributed by atoms with Crippen molar-refractivity contribution in [1.29, 1.82) is 0 Å². The first-order chi connectivity index (χ1) is 9.49. The Bertz CT molecular complexity index is 576. The Labute approximate surface area is 122 Å². The van der Waals surface area contributed by atoms with Gasteiger partial charge in [-0.05, 0) is 25.1 Å². The number of benzene rings is 1. The van der Waals surface area contributed by atoms with Crippen molar-refractivity contribution >= 4 is 23.4 Å². The molecule has 2 amide bonds. The molecule has 0 radical (unpaired) electrons. The van der Waals surface area contributed by atoms with Crippen molar-refractivity contribution in [2.45, 2.75) is 13.0 Å². The van der Waals surface area contributed by atoms with Gasteiger partial charge in [0.1, 0.15) is 12.6 Å². The highest BCUT2D eigenvalue weighted by molar-refractivity contribution is 6.32. The third-order valence-corrected chi connectivity index (χ3v) is 2.83. The summed E-state index contributed by atoms with van der Waals surface area (Å²) in [4.78, 5) is 23.3. The van der Waals surface area contributed by atoms with Gasteiger partial charge in [-0.15, -0.1) is 0 Å². The lowest BCUT2D eigenvalue weighted by Crippen LogP contribution is -2.43. The number of rotatable bonds is 3. The van der Waals surface area contributed by atoms with Crippen molar-refractivity contribution in [1.82, 2.24) is 10.6 Å². The topological polar surface area (TPSA) is 78.4 Å². The van der Waals surface area contributed by atoms with Gasteiger partial charge in [0, 0.05) is 18.2 Å². The maximum atomic E-state index is 11.9. The van der Waals surface area contributed by atoms with E-state index in [0.717, 1.165) is 0 Å². The summed E-state index contributed by atoms with van der Waals surface area (Å²) in [6.45, 7) is 1.32. The number of aliphatic hydroxyl groups is 1. The summed E-state index contributed by atoms with van der Waals surface area (Å²) < 4.78 is 0. The predicted octanol–water partition coefficient (Wildman–Crippen LogP) is 0.548. The molecule has 0 saturated carbocycles. The molecule has 0 aliphatic rings. The molecule has 1 aromatic rings. The van der Waals surface area contributed by atoms with Crippen LogP contribution in [0.3, 0.4) is 0 Å². The molecule has 20 heavy (non-hydrogen) atoms. The second kappa shape index (κ2) is 7.53. The van der Waals surface area contributed by atoms with Crippen molar-refractivity contribution < 1.29 is 14.7 Å². The van der Waals surface area contributed by atoms with Gasteiger partial charge in [0.25, 0.3) is 5.91 Å². The highest BCUT2D eigenvalue weighted by atomic mass is 35.5. The number of nitrogens with one attached hydrogen (secondary N) is 2. The normalized spacial score (nSPS) is 11.0. The van der Waals surface area contributed by atoms with Crippen LogP contribution in [0.25, 0.3) is 0 Å². The van der Waals surface area contributed by atoms with Crippen LogP contribution in [0.4, 0.5) is 0 Å². The van der Waals surface area contributed by atoms with Crippen LogP contribution in [0.5, 0.6) is 0 Å². The highest BCUT2D eigenvalue weighted by Crippen LogP contribution is 2.17. The number of carbonyl (C=O) groups is 2. The maximum Gasteiger partial charge on any atom is 0.251 e. The molecule has 1 aromatic carbocycles. The van der Waals surface area contributed by atoms with Crippen LogP contribution in [0, 0.1) is 11.8 Å². The molecule has 0 aliphatic carbocycles. The summed E-state index contributed by atoms with van der Waals surface area (Å²) in [5.74, 6) is 4.46. The monoisotopic (exact) mass is 294 g/mol. The molecule has 0 fully saturated rings. The van der Waals surface area contributed by atoms with E-state index in [-0.39, 0.29) is 12.5 Å². The number of carbonyl (C=O) groups excluding carboxylic acids is 2. The molecule has 5 nitrogen and oxygen atoms in total. The number of hydrogen-bond donors (Lipinski definition) is 3. The quantitative estimate of drug-likeness (QED) is 0.712. The zero-order valence-corrected chi connectivity index (χ0v) is 11.9. The second-order valence-electron chi connectivity index (χ2n) is 3.96. The van der Waals surface area contributed by atoms with E-state index < -0.39 is 11.9 Å². The number of halogens is 1. The van der Waals surface area contributed by atoms with Gasteiger partial charge in [0.05, 0.1) is 5.02 Å². The average Bonchev–Trinajstić information content (AvgIpc) is 2.44. The van der Waals surface area contributed by atoms with E-state index >= 15 is 0 Å². The van der Waals surface area contributed by atoms with Crippen LogP contribution in [0.2, 0.25) is 5.02 Å². The van der Waals surface area contributed by atoms with Gasteiger partial charge in [-0.1, -0.05) is 23.4 Å². The highest BCUT2D eigenvalue weighted by Gasteiger charge is 2.15. The number of amides is 2. The van der Waals surface area contributed by atoms with Crippen molar-refractivity contribution in [3.63, 3.8) is 0 Å². The largest absolute Gasteiger partial charge is 0.384 e. The summed E-state index contributed by atoms with van der Waals surface area (Å²) in [7, 11) is 1.50. The molecule has 0 spiro atoms. The Hall–Kier alpha value is -2.03. The lowest BCUT2D eigenvalue weighted by atomic mass is 10.1. The summed E-state index contributed by atoms with van der Waals surface area (Å²) >= 11 is 5.99. The molecule has 106 valence electrons. The Morgan fingerprint density at radius 3 is 2.70 bits per heavy atom. The first-order valence-electron chi connectivity index (χ1n) is 5.91. The molecular weight excluding hydrogens is 280 g/mol. The Morgan fingerprint density at radius 2 is 2.15 bits per heavy atom. The van der Waals surface area contributed by atoms with Gasteiger partial charge in [-0.25, -0.2) is 0 Å². The number of aliphatic hydroxyl groups excluding tert-OH is 1. The summed E-state index contributed by atoms with van der Waals surface area (Å²) in [6.07, 6.45) is 0. The van der Waals surface area contributed by atoms with Gasteiger partial charge >= 0.3 is 0 Å². The first-order valence-corrected chi connectivity index (χ1v) is 6.29. The van der Waals surface area contributed by atoms with Crippen molar-refractivity contribution in [2.75, 3.05) is 13.7 Å². The van der Waals surface area contributed by atoms with Crippen LogP contribution in [0.15, 0.2) is 18.2 Å². The fraction of sp³-hybridized carbons (Fsp3) is 0.286. The minimum atomic E-state index is -0.639. The van der Waals surface area contributed by atoms with E-state index in [1.165, 1.54) is 13.1 Å². The fourth-order valence-electron chi connectivity index (χ4n) is 1.45. The lowest BCUT2D eigenvalue weighted by Gasteiger charge is -2.12. The molecule has 1 unspecified atom stereocenters. The van der Waals surface area contributed by atoms with E-state index in [9.17, 15) is 9.59 Å². The third kappa shape index (κ3) is 4.26. The molecule has 0 saturated heterocycles. The molecule has 0 bridgehead atoms. The molecular formula is C14H15ClN2O3. The zero-order chi connectivity index (χ0) is 15.1. The van der Waals surface area contributed by atoms with Crippen LogP contribution >= 0.6 is 11.6 Å². The van der Waals surface area contributed by atoms with Gasteiger partial charge in [-0.3, -0.25) is 9.59 Å². The van der Waals surface area contributed by atoms with E-state index in [1.54, 1.807) is 19.1 Å². The predicted molar refractivity (Wildman–Crippen MR) is 76.4 cm³/mol. The first kappa shape index (κ1) is 16.0. The Balaban J connectivity index is 2.85. The molecule has 0 heterocycles. The van der Waals surface area contributed by atoms with E-state index in [2.05, 4.69) is 22.5 Å². The minimum absolute atomic E-state index is 0.262. The van der Waals surface area contributed by atoms with Gasteiger partial charge in [-0.2, -0.15) is 0 Å². The van der Waals surface area contributed by atoms with Crippen LogP contribution < -0.4 is 10.6 Å². The molecule has 0 aromatic heterocycles. The molecule has 1 atom stereocenters. The minimum Gasteiger partial charge on any atom is -0.384 e. The second-order valence-corrected chi connectivity index (χ2v) is 4.37. The average molecular weight is 295 g/mol. The number of hydrogen-bond acceptors (Lipinski definition) is 3. The maximum absolute atomic E-state index is 11.9. The zero-order valence-electron chi connectivity index (χ0n) is 11.2. The summed E-state index contributed by atoms with van der Waals surface area (Å²) in [5.41, 5.74) is 0.858. The van der Waals surface area contributed by atoms with Crippen molar-refractivity contribution in [3.05, 3.63) is 34.3 Å². The van der Waals surface area contributed by atoms with Crippen LogP contribution in [-0.2, 0) is 4.79 Å². The standard InChI is InChI=1S/C14H15ClN2O3/c1-9(13(19)16-2)17-14(20)11-6-5-10(4-3-7-18)12(15)8-11/h5-6,8-9,18H,7H2,1-2H3,(H,16,19)(H,17,20). The molecule has 1 rings (SSSR count). The SMILES string of the molecule is CNC(=O)C(C)NC(=O)c1ccc(C#CCO)c(Cl)c1. The van der Waals surface area contributed by atoms with Gasteiger partial charge < -0.3 is 15.7 Å². The van der Waals surface area contributed by atoms with E-state index in [0.29, 0.717) is 16.1 Å². The molecule has 3 N–H and O–H groups in total. The summed E-state index contributed by atoms with van der Waals surface area (Å²) in [5, 5.41) is 13.9. The Morgan fingerprint density at radius 1 is 1.45 bits per heavy atom.